The van der Waals surface area contributed by atoms with E-state index >= 15 is 0 Å². The van der Waals surface area contributed by atoms with Gasteiger partial charge in [-0.2, -0.15) is 0 Å². The molecule has 2 aliphatic heterocycles. The van der Waals surface area contributed by atoms with Gasteiger partial charge in [-0.3, -0.25) is 9.59 Å². The van der Waals surface area contributed by atoms with Crippen LogP contribution >= 0.6 is 0 Å². The highest BCUT2D eigenvalue weighted by Gasteiger charge is 2.35. The predicted molar refractivity (Wildman–Crippen MR) is 551 cm³/mol. The van der Waals surface area contributed by atoms with Crippen LogP contribution in [0.1, 0.15) is 0 Å². The van der Waals surface area contributed by atoms with Gasteiger partial charge in [0.15, 0.2) is 10.9 Å². The van der Waals surface area contributed by atoms with E-state index in [2.05, 4.69) is 231 Å². The third-order valence-electron chi connectivity index (χ3n) is 30.0. The van der Waals surface area contributed by atoms with Crippen molar-refractivity contribution in [3.8, 4) is 45.3 Å². The summed E-state index contributed by atoms with van der Waals surface area (Å²) in [4.78, 5) is 26.7. The largest absolute Gasteiger partial charge is 0.456 e. The fourth-order valence-corrected chi connectivity index (χ4v) is 24.5. The summed E-state index contributed by atoms with van der Waals surface area (Å²) in [6.07, 6.45) is 0. The minimum absolute atomic E-state index is 0.0282. The Hall–Kier alpha value is -18.1. The molecule has 0 fully saturated rings. The van der Waals surface area contributed by atoms with E-state index in [4.69, 9.17) is 36.0 Å². The SMILES string of the molecule is O=c1c2ccccc2c2cc3c(cc12)oc1ccc2oc4cc5c(=O)c6ccccc6c5cc4c4c5ccccc5c3c1c24.c1cc2ccc3cc4c(oc5ccc6oc7c8ccc9cccc%10ccc(cc7c7c%11ccccc%11c4c5c67)c8c%109)c4ccc(c1)c2c34.c1ccc2c(c1)oc1cc3c(cc12)Oc1ccc2c4c(c5ccccc5c-3c14)-c1cc3oc4ccccc4c3cc1O2. The van der Waals surface area contributed by atoms with Crippen LogP contribution < -0.4 is 20.3 Å². The number of furan rings is 2. The summed E-state index contributed by atoms with van der Waals surface area (Å²) in [5.74, 6) is 3.31. The first-order chi connectivity index (χ1) is 66.2. The number of benzene rings is 25. The minimum atomic E-state index is 0.0282. The molecule has 10 heteroatoms. The zero-order valence-electron chi connectivity index (χ0n) is 70.6. The van der Waals surface area contributed by atoms with Crippen LogP contribution in [0.25, 0.3) is 326 Å². The lowest BCUT2D eigenvalue weighted by Crippen LogP contribution is -2.04. The second kappa shape index (κ2) is 24.6. The first-order valence-electron chi connectivity index (χ1n) is 45.4. The summed E-state index contributed by atoms with van der Waals surface area (Å²) in [5, 5.41) is 47.9. The van der Waals surface area contributed by atoms with Gasteiger partial charge in [-0.25, -0.2) is 0 Å². The van der Waals surface area contributed by atoms with Crippen molar-refractivity contribution in [3.63, 3.8) is 0 Å². The summed E-state index contributed by atoms with van der Waals surface area (Å²) in [7, 11) is 0. The Morgan fingerprint density at radius 3 is 0.881 bits per heavy atom. The molecule has 0 atom stereocenters. The van der Waals surface area contributed by atoms with Gasteiger partial charge < -0.3 is 36.0 Å². The van der Waals surface area contributed by atoms with Gasteiger partial charge in [0, 0.05) is 162 Å². The number of fused-ring (bicyclic) bond motifs is 35. The Labute approximate surface area is 752 Å². The predicted octanol–water partition coefficient (Wildman–Crippen LogP) is 34.9. The molecule has 614 valence electrons. The van der Waals surface area contributed by atoms with Crippen LogP contribution in [0, 0.1) is 0 Å². The first kappa shape index (κ1) is 69.9. The normalized spacial score (nSPS) is 13.0. The molecule has 0 saturated heterocycles. The molecule has 10 nitrogen and oxygen atoms in total. The van der Waals surface area contributed by atoms with E-state index in [-0.39, 0.29) is 10.9 Å². The van der Waals surface area contributed by atoms with Crippen molar-refractivity contribution in [2.45, 2.75) is 0 Å². The van der Waals surface area contributed by atoms with Crippen molar-refractivity contribution >= 4 is 304 Å². The average molecular weight is 1710 g/mol. The zero-order valence-corrected chi connectivity index (χ0v) is 70.6. The van der Waals surface area contributed by atoms with Gasteiger partial charge >= 0.3 is 0 Å². The van der Waals surface area contributed by atoms with E-state index < -0.39 is 0 Å². The summed E-state index contributed by atoms with van der Waals surface area (Å²) >= 11 is 0. The second-order valence-corrected chi connectivity index (χ2v) is 36.6. The standard InChI is InChI=1S/C46H22O2.C40H18O4.C38H18O4/c1-2-10-30-29(9-1)41-33-21-27-13-11-23-5-3-7-25-15-17-31(39(27)37(23)25)45(33)47-35-19-20-36-44(43(35)41)42(30)34-22-28-14-12-24-6-4-8-26-16-18-32(46(34)48-36)40(28)38(24)26;41-39-23-11-5-1-7-19(23)25-15-29-33(17-27(25)39)43-31-13-14-32-38-36(22-10-4-3-9-21(22)35(29)37(31)38)30-16-26-20-8-2-6-12-24(20)40(42)28(26)18-34(30)44-32;1-2-10-22-21(9-1)35-25-17-31-23(19-7-3-5-11-27(19)39-31)15-33(25)41-29-13-14-30-38(37(29)35)36(22)26-18-32-24(16-34(26)42-30)20-8-4-6-12-28(20)40-32/h1-22H;1-18H;1-18H. The fraction of sp³-hybridized carbons (Fsp3) is 0. The number of hydrogen-bond donors (Lipinski definition) is 0. The van der Waals surface area contributed by atoms with Crippen molar-refractivity contribution in [3.05, 3.63) is 372 Å². The third-order valence-corrected chi connectivity index (χ3v) is 30.0. The Bertz CT molecular complexity index is 10800. The van der Waals surface area contributed by atoms with E-state index in [1.807, 2.05) is 121 Å². The molecule has 0 bridgehead atoms. The fourth-order valence-electron chi connectivity index (χ4n) is 24.5. The van der Waals surface area contributed by atoms with E-state index in [1.54, 1.807) is 0 Å². The van der Waals surface area contributed by atoms with Crippen LogP contribution in [0.15, 0.2) is 388 Å². The molecule has 33 aromatic rings. The highest BCUT2D eigenvalue weighted by Crippen LogP contribution is 2.61. The van der Waals surface area contributed by atoms with Gasteiger partial charge in [-0.05, 0) is 218 Å². The lowest BCUT2D eigenvalue weighted by Gasteiger charge is -2.29. The number of ether oxygens (including phenoxy) is 2. The molecule has 0 amide bonds. The Balaban J connectivity index is 0.0000000910. The van der Waals surface area contributed by atoms with Gasteiger partial charge in [0.05, 0.1) is 0 Å². The summed E-state index contributed by atoms with van der Waals surface area (Å²) in [5.41, 5.74) is 14.3. The Morgan fingerprint density at radius 2 is 0.470 bits per heavy atom. The molecule has 0 unspecified atom stereocenters. The highest BCUT2D eigenvalue weighted by molar-refractivity contribution is 6.46. The molecule has 35 rings (SSSR count). The maximum absolute atomic E-state index is 13.4. The van der Waals surface area contributed by atoms with Crippen molar-refractivity contribution in [2.75, 3.05) is 0 Å². The molecule has 0 N–H and O–H groups in total. The quantitative estimate of drug-likeness (QED) is 0.107. The van der Waals surface area contributed by atoms with E-state index in [1.165, 1.54) is 75.4 Å². The Morgan fingerprint density at radius 1 is 0.142 bits per heavy atom. The summed E-state index contributed by atoms with van der Waals surface area (Å²) in [6, 6.07) is 123. The summed E-state index contributed by atoms with van der Waals surface area (Å²) < 4.78 is 53.3. The lowest BCUT2D eigenvalue weighted by atomic mass is 9.82. The molecule has 0 saturated carbocycles. The van der Waals surface area contributed by atoms with E-state index in [0.717, 1.165) is 252 Å². The maximum Gasteiger partial charge on any atom is 0.194 e. The van der Waals surface area contributed by atoms with Crippen LogP contribution in [0.5, 0.6) is 23.0 Å². The van der Waals surface area contributed by atoms with Crippen molar-refractivity contribution in [2.24, 2.45) is 0 Å². The van der Waals surface area contributed by atoms with Crippen molar-refractivity contribution < 1.29 is 36.0 Å². The Kier molecular flexibility index (Phi) is 12.9. The second-order valence-electron chi connectivity index (χ2n) is 36.6. The highest BCUT2D eigenvalue weighted by atomic mass is 16.5. The molecule has 0 aliphatic carbocycles. The van der Waals surface area contributed by atoms with Crippen molar-refractivity contribution in [1.82, 2.24) is 0 Å². The topological polar surface area (TPSA) is 131 Å². The van der Waals surface area contributed by atoms with Crippen LogP contribution in [-0.2, 0) is 0 Å². The average Bonchev–Trinajstić information content (AvgIpc) is 1.47. The van der Waals surface area contributed by atoms with Gasteiger partial charge in [-0.1, -0.05) is 231 Å². The molecule has 2 aliphatic rings. The number of para-hydroxylation sites is 2. The molecular weight excluding hydrogens is 1650 g/mol. The third kappa shape index (κ3) is 8.81. The summed E-state index contributed by atoms with van der Waals surface area (Å²) in [6.45, 7) is 0. The molecule has 6 aromatic heterocycles. The van der Waals surface area contributed by atoms with Crippen LogP contribution in [-0.4, -0.2) is 0 Å². The number of rotatable bonds is 0. The van der Waals surface area contributed by atoms with Crippen LogP contribution in [0.3, 0.4) is 0 Å². The minimum Gasteiger partial charge on any atom is -0.456 e. The van der Waals surface area contributed by atoms with Crippen LogP contribution in [0.4, 0.5) is 0 Å². The van der Waals surface area contributed by atoms with E-state index in [0.29, 0.717) is 21.9 Å². The smallest absolute Gasteiger partial charge is 0.194 e. The van der Waals surface area contributed by atoms with Crippen LogP contribution in [0.2, 0.25) is 0 Å². The monoisotopic (exact) mass is 1710 g/mol. The van der Waals surface area contributed by atoms with Gasteiger partial charge in [0.25, 0.3) is 0 Å². The zero-order chi connectivity index (χ0) is 86.8. The van der Waals surface area contributed by atoms with E-state index in [9.17, 15) is 9.59 Å². The lowest BCUT2D eigenvalue weighted by molar-refractivity contribution is 0.476. The molecular formula is C124H58O10. The molecule has 8 heterocycles. The molecule has 0 radical (unpaired) electrons. The van der Waals surface area contributed by atoms with Gasteiger partial charge in [0.2, 0.25) is 0 Å². The number of hydrogen-bond acceptors (Lipinski definition) is 10. The molecule has 27 aromatic carbocycles. The molecule has 0 spiro atoms. The molecule has 134 heavy (non-hydrogen) atoms. The first-order valence-corrected chi connectivity index (χ1v) is 45.4. The van der Waals surface area contributed by atoms with Gasteiger partial charge in [0.1, 0.15) is 90.0 Å². The maximum atomic E-state index is 13.4. The van der Waals surface area contributed by atoms with Gasteiger partial charge in [-0.15, -0.1) is 0 Å². The van der Waals surface area contributed by atoms with Crippen molar-refractivity contribution in [1.29, 1.82) is 0 Å².